The predicted octanol–water partition coefficient (Wildman–Crippen LogP) is 2.02. The van der Waals surface area contributed by atoms with Gasteiger partial charge in [-0.05, 0) is 24.7 Å². The van der Waals surface area contributed by atoms with E-state index in [-0.39, 0.29) is 5.54 Å². The Bertz CT molecular complexity index is 281. The van der Waals surface area contributed by atoms with Crippen LogP contribution in [-0.2, 0) is 5.54 Å². The Morgan fingerprint density at radius 3 is 2.57 bits per heavy atom. The van der Waals surface area contributed by atoms with Crippen molar-refractivity contribution in [2.45, 2.75) is 38.6 Å². The minimum Gasteiger partial charge on any atom is -0.347 e. The zero-order chi connectivity index (χ0) is 10.2. The summed E-state index contributed by atoms with van der Waals surface area (Å²) in [6.07, 6.45) is 7.36. The Balaban J connectivity index is 2.35. The van der Waals surface area contributed by atoms with Gasteiger partial charge in [0.15, 0.2) is 0 Å². The van der Waals surface area contributed by atoms with E-state index >= 15 is 0 Å². The number of hydrogen-bond acceptors (Lipinski definition) is 2. The van der Waals surface area contributed by atoms with Crippen molar-refractivity contribution in [3.05, 3.63) is 18.2 Å². The molecule has 3 nitrogen and oxygen atoms in total. The lowest BCUT2D eigenvalue weighted by atomic mass is 9.67. The van der Waals surface area contributed by atoms with Crippen LogP contribution in [0.2, 0.25) is 0 Å². The Morgan fingerprint density at radius 1 is 1.43 bits per heavy atom. The van der Waals surface area contributed by atoms with Gasteiger partial charge in [-0.3, -0.25) is 0 Å². The van der Waals surface area contributed by atoms with Gasteiger partial charge in [-0.1, -0.05) is 20.3 Å². The smallest absolute Gasteiger partial charge is 0.126 e. The molecule has 0 spiro atoms. The average Bonchev–Trinajstić information content (AvgIpc) is 2.67. The zero-order valence-electron chi connectivity index (χ0n) is 8.96. The number of aromatic amines is 1. The summed E-state index contributed by atoms with van der Waals surface area (Å²) in [4.78, 5) is 7.50. The quantitative estimate of drug-likeness (QED) is 0.717. The first kappa shape index (κ1) is 9.71. The molecule has 1 heterocycles. The molecule has 0 aliphatic heterocycles. The van der Waals surface area contributed by atoms with Gasteiger partial charge in [-0.2, -0.15) is 0 Å². The van der Waals surface area contributed by atoms with E-state index in [1.165, 1.54) is 19.3 Å². The van der Waals surface area contributed by atoms with E-state index in [1.54, 1.807) is 6.20 Å². The van der Waals surface area contributed by atoms with Crippen molar-refractivity contribution in [2.24, 2.45) is 17.6 Å². The van der Waals surface area contributed by atoms with E-state index in [0.717, 1.165) is 5.82 Å². The molecule has 1 fully saturated rings. The molecule has 78 valence electrons. The lowest BCUT2D eigenvalue weighted by Crippen LogP contribution is -2.51. The molecule has 14 heavy (non-hydrogen) atoms. The molecule has 0 bridgehead atoms. The summed E-state index contributed by atoms with van der Waals surface area (Å²) in [5, 5.41) is 0. The van der Waals surface area contributed by atoms with E-state index in [2.05, 4.69) is 23.8 Å². The number of nitrogens with zero attached hydrogens (tertiary/aromatic N) is 1. The van der Waals surface area contributed by atoms with Crippen LogP contribution >= 0.6 is 0 Å². The first-order chi connectivity index (χ1) is 6.65. The number of rotatable bonds is 1. The highest BCUT2D eigenvalue weighted by atomic mass is 15.0. The first-order valence-corrected chi connectivity index (χ1v) is 5.44. The topological polar surface area (TPSA) is 54.7 Å². The third-order valence-corrected chi connectivity index (χ3v) is 3.81. The summed E-state index contributed by atoms with van der Waals surface area (Å²) in [6.45, 7) is 4.47. The molecular weight excluding hydrogens is 174 g/mol. The van der Waals surface area contributed by atoms with Crippen molar-refractivity contribution >= 4 is 0 Å². The molecule has 2 rings (SSSR count). The largest absolute Gasteiger partial charge is 0.347 e. The fourth-order valence-electron chi connectivity index (χ4n) is 2.66. The number of H-pyrrole nitrogens is 1. The molecule has 1 aliphatic rings. The third-order valence-electron chi connectivity index (χ3n) is 3.81. The van der Waals surface area contributed by atoms with E-state index in [1.807, 2.05) is 6.20 Å². The number of imidazole rings is 1. The molecular formula is C11H19N3. The van der Waals surface area contributed by atoms with Crippen molar-refractivity contribution in [3.63, 3.8) is 0 Å². The Labute approximate surface area is 85.1 Å². The van der Waals surface area contributed by atoms with Gasteiger partial charge in [-0.25, -0.2) is 4.98 Å². The fourth-order valence-corrected chi connectivity index (χ4v) is 2.66. The summed E-state index contributed by atoms with van der Waals surface area (Å²) in [6, 6.07) is 0. The molecule has 0 radical (unpaired) electrons. The van der Waals surface area contributed by atoms with Crippen molar-refractivity contribution in [2.75, 3.05) is 0 Å². The Morgan fingerprint density at radius 2 is 2.07 bits per heavy atom. The molecule has 3 heteroatoms. The average molecular weight is 193 g/mol. The minimum atomic E-state index is -0.248. The summed E-state index contributed by atoms with van der Waals surface area (Å²) >= 11 is 0. The molecule has 1 saturated carbocycles. The van der Waals surface area contributed by atoms with Crippen LogP contribution in [0, 0.1) is 11.8 Å². The van der Waals surface area contributed by atoms with E-state index in [0.29, 0.717) is 11.8 Å². The van der Waals surface area contributed by atoms with Crippen LogP contribution in [0.1, 0.15) is 38.9 Å². The Hall–Kier alpha value is -0.830. The van der Waals surface area contributed by atoms with Gasteiger partial charge in [0.1, 0.15) is 5.82 Å². The van der Waals surface area contributed by atoms with Crippen LogP contribution in [-0.4, -0.2) is 9.97 Å². The predicted molar refractivity (Wildman–Crippen MR) is 56.6 cm³/mol. The van der Waals surface area contributed by atoms with Crippen LogP contribution in [0.4, 0.5) is 0 Å². The standard InChI is InChI=1S/C11H19N3/c1-8-4-3-5-9(2)11(8,12)10-13-6-7-14-10/h6-9H,3-5,12H2,1-2H3,(H,13,14). The van der Waals surface area contributed by atoms with Crippen LogP contribution in [0.5, 0.6) is 0 Å². The van der Waals surface area contributed by atoms with Gasteiger partial charge in [0, 0.05) is 12.4 Å². The Kier molecular flexibility index (Phi) is 2.35. The maximum atomic E-state index is 6.52. The summed E-state index contributed by atoms with van der Waals surface area (Å²) in [5.41, 5.74) is 6.27. The van der Waals surface area contributed by atoms with Crippen LogP contribution < -0.4 is 5.73 Å². The maximum Gasteiger partial charge on any atom is 0.126 e. The summed E-state index contributed by atoms with van der Waals surface area (Å²) in [5.74, 6) is 1.98. The van der Waals surface area contributed by atoms with Gasteiger partial charge in [0.25, 0.3) is 0 Å². The van der Waals surface area contributed by atoms with E-state index < -0.39 is 0 Å². The maximum absolute atomic E-state index is 6.52. The highest BCUT2D eigenvalue weighted by Gasteiger charge is 2.43. The van der Waals surface area contributed by atoms with Crippen molar-refractivity contribution < 1.29 is 0 Å². The summed E-state index contributed by atoms with van der Waals surface area (Å²) in [7, 11) is 0. The van der Waals surface area contributed by atoms with Crippen LogP contribution in [0.3, 0.4) is 0 Å². The number of nitrogens with two attached hydrogens (primary N) is 1. The number of hydrogen-bond donors (Lipinski definition) is 2. The van der Waals surface area contributed by atoms with E-state index in [4.69, 9.17) is 5.73 Å². The second kappa shape index (κ2) is 3.39. The molecule has 2 unspecified atom stereocenters. The number of nitrogens with one attached hydrogen (secondary N) is 1. The lowest BCUT2D eigenvalue weighted by molar-refractivity contribution is 0.125. The van der Waals surface area contributed by atoms with Crippen molar-refractivity contribution in [1.29, 1.82) is 0 Å². The monoisotopic (exact) mass is 193 g/mol. The molecule has 1 aliphatic carbocycles. The molecule has 2 atom stereocenters. The van der Waals surface area contributed by atoms with Crippen LogP contribution in [0.15, 0.2) is 12.4 Å². The van der Waals surface area contributed by atoms with Crippen molar-refractivity contribution in [1.82, 2.24) is 9.97 Å². The molecule has 1 aromatic heterocycles. The lowest BCUT2D eigenvalue weighted by Gasteiger charge is -2.43. The molecule has 1 aromatic rings. The van der Waals surface area contributed by atoms with Gasteiger partial charge in [-0.15, -0.1) is 0 Å². The fraction of sp³-hybridized carbons (Fsp3) is 0.727. The first-order valence-electron chi connectivity index (χ1n) is 5.44. The molecule has 0 aromatic carbocycles. The second-order valence-electron chi connectivity index (χ2n) is 4.60. The van der Waals surface area contributed by atoms with E-state index in [9.17, 15) is 0 Å². The normalized spacial score (nSPS) is 38.5. The van der Waals surface area contributed by atoms with Crippen molar-refractivity contribution in [3.8, 4) is 0 Å². The SMILES string of the molecule is CC1CCCC(C)C1(N)c1ncc[nH]1. The van der Waals surface area contributed by atoms with Gasteiger partial charge in [0.2, 0.25) is 0 Å². The third kappa shape index (κ3) is 1.27. The molecule has 3 N–H and O–H groups in total. The van der Waals surface area contributed by atoms with Gasteiger partial charge < -0.3 is 10.7 Å². The highest BCUT2D eigenvalue weighted by molar-refractivity contribution is 5.11. The molecule has 0 amide bonds. The molecule has 0 saturated heterocycles. The zero-order valence-corrected chi connectivity index (χ0v) is 8.96. The second-order valence-corrected chi connectivity index (χ2v) is 4.60. The minimum absolute atomic E-state index is 0.248. The van der Waals surface area contributed by atoms with Gasteiger partial charge >= 0.3 is 0 Å². The highest BCUT2D eigenvalue weighted by Crippen LogP contribution is 2.41. The van der Waals surface area contributed by atoms with Crippen LogP contribution in [0.25, 0.3) is 0 Å². The van der Waals surface area contributed by atoms with Gasteiger partial charge in [0.05, 0.1) is 5.54 Å². The summed E-state index contributed by atoms with van der Waals surface area (Å²) < 4.78 is 0. The number of aromatic nitrogens is 2.